The Kier molecular flexibility index (Phi) is 5.31. The Bertz CT molecular complexity index is 1360. The number of aromatic nitrogens is 5. The topological polar surface area (TPSA) is 138 Å². The fourth-order valence-electron chi connectivity index (χ4n) is 3.05. The van der Waals surface area contributed by atoms with Crippen molar-refractivity contribution >= 4 is 34.3 Å². The molecule has 170 valence electrons. The molecule has 1 aromatic carbocycles. The standard InChI is InChI=1S/C20H16F4N8O/c1-20(23,24)19(33)28-14-15(25)29-17(30-16(14)26)13-11-6-10(21)7-27-18(11)32(31-13)8-9-4-2-3-5-12(9)22/h2-7H,8H2,1H3,(H,28,33)(H4,25,26,29,30). The molecule has 0 fully saturated rings. The first-order valence-corrected chi connectivity index (χ1v) is 9.42. The van der Waals surface area contributed by atoms with Crippen molar-refractivity contribution in [2.45, 2.75) is 19.4 Å². The number of nitrogen functional groups attached to an aromatic ring is 2. The summed E-state index contributed by atoms with van der Waals surface area (Å²) in [4.78, 5) is 23.6. The van der Waals surface area contributed by atoms with E-state index in [1.165, 1.54) is 16.8 Å². The molecule has 13 heteroatoms. The molecule has 0 bridgehead atoms. The minimum absolute atomic E-state index is 0.0189. The number of nitrogens with two attached hydrogens (primary N) is 2. The monoisotopic (exact) mass is 460 g/mol. The van der Waals surface area contributed by atoms with Gasteiger partial charge >= 0.3 is 5.92 Å². The second-order valence-corrected chi connectivity index (χ2v) is 7.16. The molecule has 4 aromatic rings. The zero-order chi connectivity index (χ0) is 23.9. The normalized spacial score (nSPS) is 11.7. The van der Waals surface area contributed by atoms with Crippen LogP contribution in [0.1, 0.15) is 12.5 Å². The van der Waals surface area contributed by atoms with E-state index >= 15 is 0 Å². The summed E-state index contributed by atoms with van der Waals surface area (Å²) < 4.78 is 55.8. The summed E-state index contributed by atoms with van der Waals surface area (Å²) in [5.74, 6) is -7.47. The Labute approximate surface area is 183 Å². The van der Waals surface area contributed by atoms with E-state index in [1.54, 1.807) is 12.1 Å². The highest BCUT2D eigenvalue weighted by molar-refractivity contribution is 6.00. The van der Waals surface area contributed by atoms with Gasteiger partial charge in [-0.2, -0.15) is 13.9 Å². The maximum atomic E-state index is 14.1. The molecule has 0 aliphatic rings. The third-order valence-corrected chi connectivity index (χ3v) is 4.65. The molecule has 0 radical (unpaired) electrons. The number of nitrogens with one attached hydrogen (secondary N) is 1. The van der Waals surface area contributed by atoms with Crippen LogP contribution in [-0.4, -0.2) is 36.6 Å². The average Bonchev–Trinajstić information content (AvgIpc) is 3.08. The van der Waals surface area contributed by atoms with E-state index < -0.39 is 40.8 Å². The van der Waals surface area contributed by atoms with Crippen LogP contribution in [0.5, 0.6) is 0 Å². The molecule has 3 aromatic heterocycles. The first-order chi connectivity index (χ1) is 15.5. The van der Waals surface area contributed by atoms with Crippen LogP contribution in [0.25, 0.3) is 22.6 Å². The maximum absolute atomic E-state index is 14.1. The van der Waals surface area contributed by atoms with E-state index in [2.05, 4.69) is 20.1 Å². The van der Waals surface area contributed by atoms with Crippen molar-refractivity contribution < 1.29 is 22.4 Å². The van der Waals surface area contributed by atoms with Gasteiger partial charge in [-0.1, -0.05) is 18.2 Å². The van der Waals surface area contributed by atoms with Gasteiger partial charge in [0.1, 0.15) is 23.0 Å². The van der Waals surface area contributed by atoms with Crippen molar-refractivity contribution in [3.05, 3.63) is 53.7 Å². The lowest BCUT2D eigenvalue weighted by Crippen LogP contribution is -2.32. The van der Waals surface area contributed by atoms with Gasteiger partial charge in [0, 0.05) is 12.5 Å². The molecule has 5 N–H and O–H groups in total. The van der Waals surface area contributed by atoms with Crippen LogP contribution in [0, 0.1) is 11.6 Å². The van der Waals surface area contributed by atoms with Crippen LogP contribution in [0.3, 0.4) is 0 Å². The van der Waals surface area contributed by atoms with E-state index in [1.807, 2.05) is 5.32 Å². The highest BCUT2D eigenvalue weighted by Gasteiger charge is 2.33. The third kappa shape index (κ3) is 4.24. The molecule has 0 atom stereocenters. The third-order valence-electron chi connectivity index (χ3n) is 4.65. The van der Waals surface area contributed by atoms with Crippen molar-refractivity contribution in [2.24, 2.45) is 0 Å². The lowest BCUT2D eigenvalue weighted by molar-refractivity contribution is -0.137. The van der Waals surface area contributed by atoms with Gasteiger partial charge in [0.15, 0.2) is 23.1 Å². The van der Waals surface area contributed by atoms with E-state index in [-0.39, 0.29) is 29.1 Å². The number of anilines is 3. The molecule has 33 heavy (non-hydrogen) atoms. The summed E-state index contributed by atoms with van der Waals surface area (Å²) in [6.07, 6.45) is 0.971. The Balaban J connectivity index is 1.81. The van der Waals surface area contributed by atoms with Crippen molar-refractivity contribution in [1.82, 2.24) is 24.7 Å². The Morgan fingerprint density at radius 2 is 1.82 bits per heavy atom. The predicted octanol–water partition coefficient (Wildman–Crippen LogP) is 2.97. The largest absolute Gasteiger partial charge is 0.382 e. The number of hydrogen-bond donors (Lipinski definition) is 3. The molecule has 0 aliphatic heterocycles. The summed E-state index contributed by atoms with van der Waals surface area (Å²) in [6.45, 7) is 0.367. The first-order valence-electron chi connectivity index (χ1n) is 9.42. The van der Waals surface area contributed by atoms with Crippen LogP contribution in [-0.2, 0) is 11.3 Å². The smallest absolute Gasteiger partial charge is 0.322 e. The van der Waals surface area contributed by atoms with Gasteiger partial charge in [-0.15, -0.1) is 0 Å². The molecule has 3 heterocycles. The minimum Gasteiger partial charge on any atom is -0.382 e. The zero-order valence-corrected chi connectivity index (χ0v) is 17.0. The van der Waals surface area contributed by atoms with E-state index in [4.69, 9.17) is 11.5 Å². The van der Waals surface area contributed by atoms with E-state index in [0.717, 1.165) is 12.3 Å². The molecule has 0 aliphatic carbocycles. The van der Waals surface area contributed by atoms with Gasteiger partial charge in [0.2, 0.25) is 0 Å². The van der Waals surface area contributed by atoms with Gasteiger partial charge in [-0.05, 0) is 12.1 Å². The molecule has 0 spiro atoms. The highest BCUT2D eigenvalue weighted by Crippen LogP contribution is 2.31. The highest BCUT2D eigenvalue weighted by atomic mass is 19.3. The predicted molar refractivity (Wildman–Crippen MR) is 112 cm³/mol. The van der Waals surface area contributed by atoms with Gasteiger partial charge in [0.05, 0.1) is 18.1 Å². The second kappa shape index (κ2) is 8.00. The number of pyridine rings is 1. The Morgan fingerprint density at radius 1 is 1.15 bits per heavy atom. The number of rotatable bonds is 5. The lowest BCUT2D eigenvalue weighted by atomic mass is 10.2. The number of halogens is 4. The Morgan fingerprint density at radius 3 is 2.45 bits per heavy atom. The second-order valence-electron chi connectivity index (χ2n) is 7.16. The maximum Gasteiger partial charge on any atom is 0.322 e. The fraction of sp³-hybridized carbons (Fsp3) is 0.150. The SMILES string of the molecule is CC(F)(F)C(=O)Nc1c(N)nc(-c2nn(Cc3ccccc3F)c3ncc(F)cc23)nc1N. The summed E-state index contributed by atoms with van der Waals surface area (Å²) in [5, 5.41) is 6.39. The number of amides is 1. The molecule has 9 nitrogen and oxygen atoms in total. The van der Waals surface area contributed by atoms with Crippen LogP contribution in [0.15, 0.2) is 36.5 Å². The zero-order valence-electron chi connectivity index (χ0n) is 17.0. The number of carbonyl (C=O) groups is 1. The number of carbonyl (C=O) groups excluding carboxylic acids is 1. The fourth-order valence-corrected chi connectivity index (χ4v) is 3.05. The number of alkyl halides is 2. The average molecular weight is 460 g/mol. The summed E-state index contributed by atoms with van der Waals surface area (Å²) in [5.41, 5.74) is 11.8. The van der Waals surface area contributed by atoms with Gasteiger partial charge in [-0.3, -0.25) is 4.79 Å². The quantitative estimate of drug-likeness (QED) is 0.389. The van der Waals surface area contributed by atoms with Crippen LogP contribution in [0.4, 0.5) is 34.9 Å². The molecule has 0 unspecified atom stereocenters. The van der Waals surface area contributed by atoms with Crippen molar-refractivity contribution in [1.29, 1.82) is 0 Å². The summed E-state index contributed by atoms with van der Waals surface area (Å²) in [6, 6.07) is 7.15. The molecule has 4 rings (SSSR count). The summed E-state index contributed by atoms with van der Waals surface area (Å²) in [7, 11) is 0. The molecular weight excluding hydrogens is 444 g/mol. The van der Waals surface area contributed by atoms with Gasteiger partial charge in [-0.25, -0.2) is 28.4 Å². The number of hydrogen-bond acceptors (Lipinski definition) is 7. The lowest BCUT2D eigenvalue weighted by Gasteiger charge is -2.14. The molecule has 1 amide bonds. The number of fused-ring (bicyclic) bond motifs is 1. The Hall–Kier alpha value is -4.29. The molecule has 0 saturated carbocycles. The molecule has 0 saturated heterocycles. The van der Waals surface area contributed by atoms with Crippen LogP contribution in [0.2, 0.25) is 0 Å². The van der Waals surface area contributed by atoms with Crippen LogP contribution >= 0.6 is 0 Å². The van der Waals surface area contributed by atoms with Crippen molar-refractivity contribution in [3.8, 4) is 11.5 Å². The van der Waals surface area contributed by atoms with E-state index in [9.17, 15) is 22.4 Å². The minimum atomic E-state index is -3.69. The number of nitrogens with zero attached hydrogens (tertiary/aromatic N) is 5. The van der Waals surface area contributed by atoms with Crippen LogP contribution < -0.4 is 16.8 Å². The van der Waals surface area contributed by atoms with E-state index in [0.29, 0.717) is 12.5 Å². The molecular formula is C20H16F4N8O. The first kappa shape index (κ1) is 21.9. The van der Waals surface area contributed by atoms with Gasteiger partial charge < -0.3 is 16.8 Å². The summed E-state index contributed by atoms with van der Waals surface area (Å²) >= 11 is 0. The van der Waals surface area contributed by atoms with Crippen molar-refractivity contribution in [3.63, 3.8) is 0 Å². The van der Waals surface area contributed by atoms with Gasteiger partial charge in [0.25, 0.3) is 5.91 Å². The number of benzene rings is 1. The van der Waals surface area contributed by atoms with Crippen molar-refractivity contribution in [2.75, 3.05) is 16.8 Å².